The van der Waals surface area contributed by atoms with Gasteiger partial charge in [-0.15, -0.1) is 0 Å². The fourth-order valence-corrected chi connectivity index (χ4v) is 5.63. The van der Waals surface area contributed by atoms with E-state index in [1.807, 2.05) is 37.3 Å². The fourth-order valence-electron chi connectivity index (χ4n) is 4.46. The lowest BCUT2D eigenvalue weighted by Crippen LogP contribution is -2.40. The average molecular weight is 563 g/mol. The zero-order chi connectivity index (χ0) is 27.5. The maximum atomic E-state index is 14.0. The predicted molar refractivity (Wildman–Crippen MR) is 150 cm³/mol. The van der Waals surface area contributed by atoms with E-state index >= 15 is 0 Å². The topological polar surface area (TPSA) is 69.9 Å². The molecule has 5 rings (SSSR count). The lowest BCUT2D eigenvalue weighted by Gasteiger charge is -2.25. The Bertz CT molecular complexity index is 1740. The van der Waals surface area contributed by atoms with Crippen LogP contribution < -0.4 is 19.6 Å². The van der Waals surface area contributed by atoms with E-state index in [-0.39, 0.29) is 17.7 Å². The van der Waals surface area contributed by atoms with Crippen molar-refractivity contribution in [1.82, 2.24) is 4.57 Å². The molecular weight excluding hydrogens is 539 g/mol. The monoisotopic (exact) mass is 562 g/mol. The molecule has 2 heterocycles. The third-order valence-electron chi connectivity index (χ3n) is 6.12. The Morgan fingerprint density at radius 1 is 1.08 bits per heavy atom. The number of halogens is 2. The van der Waals surface area contributed by atoms with Gasteiger partial charge in [0.15, 0.2) is 4.80 Å². The maximum Gasteiger partial charge on any atom is 0.338 e. The maximum absolute atomic E-state index is 14.0. The van der Waals surface area contributed by atoms with Crippen LogP contribution in [0.1, 0.15) is 36.6 Å². The predicted octanol–water partition coefficient (Wildman–Crippen LogP) is 5.13. The molecule has 0 bridgehead atoms. The van der Waals surface area contributed by atoms with Crippen molar-refractivity contribution in [2.45, 2.75) is 19.9 Å². The van der Waals surface area contributed by atoms with E-state index in [9.17, 15) is 14.0 Å². The number of ether oxygens (including phenoxy) is 2. The van der Waals surface area contributed by atoms with Gasteiger partial charge in [-0.25, -0.2) is 14.2 Å². The molecule has 0 unspecified atom stereocenters. The van der Waals surface area contributed by atoms with Gasteiger partial charge in [-0.1, -0.05) is 65.4 Å². The van der Waals surface area contributed by atoms with Crippen molar-refractivity contribution in [2.75, 3.05) is 13.2 Å². The molecule has 3 aromatic carbocycles. The van der Waals surface area contributed by atoms with Gasteiger partial charge in [0, 0.05) is 16.1 Å². The van der Waals surface area contributed by atoms with E-state index in [2.05, 4.69) is 0 Å². The Balaban J connectivity index is 1.82. The van der Waals surface area contributed by atoms with Gasteiger partial charge in [0.1, 0.15) is 11.6 Å². The van der Waals surface area contributed by atoms with E-state index in [1.165, 1.54) is 28.0 Å². The van der Waals surface area contributed by atoms with Crippen LogP contribution in [0, 0.1) is 5.82 Å². The van der Waals surface area contributed by atoms with Crippen molar-refractivity contribution >= 4 is 40.7 Å². The largest absolute Gasteiger partial charge is 0.493 e. The highest BCUT2D eigenvalue weighted by atomic mass is 35.5. The number of thiazole rings is 1. The summed E-state index contributed by atoms with van der Waals surface area (Å²) >= 11 is 7.43. The Morgan fingerprint density at radius 2 is 1.82 bits per heavy atom. The summed E-state index contributed by atoms with van der Waals surface area (Å²) in [5.74, 6) is -0.447. The zero-order valence-electron chi connectivity index (χ0n) is 21.2. The standard InChI is InChI=1S/C30H24ClFN2O4S/c1-3-37-23-15-12-21(31)16-20(23)17-24-28(35)34-27(19-10-13-22(32)14-11-19)25(29(36)38-4-2)26(33-30(34)39-24)18-8-6-5-7-9-18/h5-17,27H,3-4H2,1-2H3/b24-17-/t27-/m0/s1. The summed E-state index contributed by atoms with van der Waals surface area (Å²) in [5.41, 5.74) is 2.12. The zero-order valence-corrected chi connectivity index (χ0v) is 22.8. The second-order valence-corrected chi connectivity index (χ2v) is 10.0. The van der Waals surface area contributed by atoms with Crippen LogP contribution in [0.4, 0.5) is 4.39 Å². The molecule has 1 aliphatic rings. The molecule has 0 radical (unpaired) electrons. The van der Waals surface area contributed by atoms with Gasteiger partial charge in [0.2, 0.25) is 0 Å². The first-order valence-corrected chi connectivity index (χ1v) is 13.6. The van der Waals surface area contributed by atoms with Crippen LogP contribution >= 0.6 is 22.9 Å². The molecule has 6 nitrogen and oxygen atoms in total. The van der Waals surface area contributed by atoms with Crippen molar-refractivity contribution in [3.63, 3.8) is 0 Å². The molecule has 0 saturated carbocycles. The molecule has 0 spiro atoms. The van der Waals surface area contributed by atoms with E-state index in [4.69, 9.17) is 26.1 Å². The van der Waals surface area contributed by atoms with Gasteiger partial charge in [-0.3, -0.25) is 9.36 Å². The van der Waals surface area contributed by atoms with E-state index in [0.717, 1.165) is 0 Å². The summed E-state index contributed by atoms with van der Waals surface area (Å²) in [4.78, 5) is 32.6. The average Bonchev–Trinajstić information content (AvgIpc) is 3.25. The fraction of sp³-hybridized carbons (Fsp3) is 0.167. The third kappa shape index (κ3) is 5.30. The number of hydrogen-bond donors (Lipinski definition) is 0. The minimum absolute atomic E-state index is 0.139. The second kappa shape index (κ2) is 11.4. The van der Waals surface area contributed by atoms with Gasteiger partial charge < -0.3 is 9.47 Å². The summed E-state index contributed by atoms with van der Waals surface area (Å²) < 4.78 is 26.9. The van der Waals surface area contributed by atoms with E-state index in [0.29, 0.717) is 49.1 Å². The van der Waals surface area contributed by atoms with E-state index < -0.39 is 17.8 Å². The van der Waals surface area contributed by atoms with Gasteiger partial charge >= 0.3 is 5.97 Å². The van der Waals surface area contributed by atoms with Crippen LogP contribution in [-0.4, -0.2) is 23.8 Å². The Morgan fingerprint density at radius 3 is 2.51 bits per heavy atom. The molecule has 0 aliphatic carbocycles. The van der Waals surface area contributed by atoms with Crippen LogP contribution in [0.3, 0.4) is 0 Å². The summed E-state index contributed by atoms with van der Waals surface area (Å²) in [7, 11) is 0. The molecule has 0 fully saturated rings. The Hall–Kier alpha value is -4.01. The minimum Gasteiger partial charge on any atom is -0.493 e. The number of rotatable bonds is 7. The van der Waals surface area contributed by atoms with Crippen molar-refractivity contribution in [1.29, 1.82) is 0 Å². The number of fused-ring (bicyclic) bond motifs is 1. The molecule has 1 atom stereocenters. The molecule has 39 heavy (non-hydrogen) atoms. The normalized spacial score (nSPS) is 15.1. The van der Waals surface area contributed by atoms with Crippen LogP contribution in [-0.2, 0) is 9.53 Å². The Kier molecular flexibility index (Phi) is 7.77. The number of benzene rings is 3. The number of nitrogens with zero attached hydrogens (tertiary/aromatic N) is 2. The molecule has 0 saturated heterocycles. The summed E-state index contributed by atoms with van der Waals surface area (Å²) in [6.07, 6.45) is 1.71. The lowest BCUT2D eigenvalue weighted by molar-refractivity contribution is -0.138. The molecule has 0 N–H and O–H groups in total. The molecule has 1 aliphatic heterocycles. The van der Waals surface area contributed by atoms with Gasteiger partial charge in [0.25, 0.3) is 5.56 Å². The van der Waals surface area contributed by atoms with Crippen molar-refractivity contribution < 1.29 is 18.7 Å². The third-order valence-corrected chi connectivity index (χ3v) is 7.34. The molecule has 0 amide bonds. The highest BCUT2D eigenvalue weighted by Crippen LogP contribution is 2.35. The number of carbonyl (C=O) groups excluding carboxylic acids is 1. The van der Waals surface area contributed by atoms with Crippen LogP contribution in [0.2, 0.25) is 5.02 Å². The van der Waals surface area contributed by atoms with Gasteiger partial charge in [-0.05, 0) is 55.8 Å². The molecule has 198 valence electrons. The first kappa shape index (κ1) is 26.6. The smallest absolute Gasteiger partial charge is 0.338 e. The molecular formula is C30H24ClFN2O4S. The minimum atomic E-state index is -0.885. The quantitative estimate of drug-likeness (QED) is 0.293. The van der Waals surface area contributed by atoms with Crippen molar-refractivity contribution in [3.05, 3.63) is 126 Å². The van der Waals surface area contributed by atoms with Crippen LogP contribution in [0.25, 0.3) is 11.8 Å². The molecule has 4 aromatic rings. The highest BCUT2D eigenvalue weighted by molar-refractivity contribution is 7.07. The van der Waals surface area contributed by atoms with Gasteiger partial charge in [0.05, 0.1) is 35.1 Å². The first-order valence-electron chi connectivity index (χ1n) is 12.4. The van der Waals surface area contributed by atoms with Crippen LogP contribution in [0.15, 0.2) is 88.2 Å². The summed E-state index contributed by atoms with van der Waals surface area (Å²) in [6, 6.07) is 19.3. The molecule has 9 heteroatoms. The number of esters is 1. The number of hydrogen-bond acceptors (Lipinski definition) is 6. The first-order chi connectivity index (χ1) is 18.9. The summed E-state index contributed by atoms with van der Waals surface area (Å²) in [6.45, 7) is 4.16. The van der Waals surface area contributed by atoms with Crippen molar-refractivity contribution in [2.24, 2.45) is 4.99 Å². The number of aromatic nitrogens is 1. The highest BCUT2D eigenvalue weighted by Gasteiger charge is 2.35. The SMILES string of the molecule is CCOC(=O)C1=C(c2ccccc2)N=c2s/c(=C\c3cc(Cl)ccc3OCC)c(=O)n2[C@H]1c1ccc(F)cc1. The van der Waals surface area contributed by atoms with Crippen LogP contribution in [0.5, 0.6) is 5.75 Å². The van der Waals surface area contributed by atoms with E-state index in [1.54, 1.807) is 43.3 Å². The van der Waals surface area contributed by atoms with Gasteiger partial charge in [-0.2, -0.15) is 0 Å². The van der Waals surface area contributed by atoms with Crippen molar-refractivity contribution in [3.8, 4) is 5.75 Å². The molecule has 1 aromatic heterocycles. The Labute approximate surface area is 232 Å². The second-order valence-electron chi connectivity index (χ2n) is 8.60. The number of carbonyl (C=O) groups is 1. The lowest BCUT2D eigenvalue weighted by atomic mass is 9.93. The summed E-state index contributed by atoms with van der Waals surface area (Å²) in [5, 5.41) is 0.498.